The summed E-state index contributed by atoms with van der Waals surface area (Å²) in [7, 11) is 0. The molecule has 1 N–H and O–H groups in total. The molecule has 0 amide bonds. The number of thioether (sulfide) groups is 1. The van der Waals surface area contributed by atoms with E-state index in [0.29, 0.717) is 17.0 Å². The van der Waals surface area contributed by atoms with Gasteiger partial charge in [-0.25, -0.2) is 4.98 Å². The summed E-state index contributed by atoms with van der Waals surface area (Å²) in [5, 5.41) is 0.645. The van der Waals surface area contributed by atoms with Gasteiger partial charge in [0, 0.05) is 9.37 Å². The Morgan fingerprint density at radius 3 is 2.86 bits per heavy atom. The average molecular weight is 361 g/mol. The largest absolute Gasteiger partial charge is 0.309 e. The topological polar surface area (TPSA) is 45.8 Å². The Bertz CT molecular complexity index is 860. The summed E-state index contributed by atoms with van der Waals surface area (Å²) in [6, 6.07) is 13.7. The number of hydrogen-bond donors (Lipinski definition) is 1. The lowest BCUT2D eigenvalue weighted by molar-refractivity contribution is 1.04. The molecule has 3 rings (SSSR count). The number of rotatable bonds is 3. The Morgan fingerprint density at radius 1 is 1.24 bits per heavy atom. The zero-order chi connectivity index (χ0) is 14.8. The predicted molar refractivity (Wildman–Crippen MR) is 90.8 cm³/mol. The summed E-state index contributed by atoms with van der Waals surface area (Å²) in [6.45, 7) is 1.97. The minimum atomic E-state index is -0.0754. The van der Waals surface area contributed by atoms with Crippen molar-refractivity contribution >= 4 is 38.6 Å². The number of halogens is 1. The molecule has 1 aromatic heterocycles. The average Bonchev–Trinajstić information content (AvgIpc) is 2.46. The van der Waals surface area contributed by atoms with Crippen LogP contribution in [0.3, 0.4) is 0 Å². The Hall–Kier alpha value is -1.59. The van der Waals surface area contributed by atoms with Crippen molar-refractivity contribution in [3.63, 3.8) is 0 Å². The molecule has 2 aromatic carbocycles. The monoisotopic (exact) mass is 360 g/mol. The van der Waals surface area contributed by atoms with Gasteiger partial charge in [0.25, 0.3) is 5.56 Å². The van der Waals surface area contributed by atoms with E-state index in [9.17, 15) is 4.79 Å². The quantitative estimate of drug-likeness (QED) is 0.708. The van der Waals surface area contributed by atoms with Gasteiger partial charge in [-0.1, -0.05) is 34.1 Å². The molecule has 0 fully saturated rings. The van der Waals surface area contributed by atoms with Gasteiger partial charge in [-0.3, -0.25) is 4.79 Å². The highest BCUT2D eigenvalue weighted by Gasteiger charge is 2.06. The molecule has 3 aromatic rings. The molecule has 0 saturated heterocycles. The normalized spacial score (nSPS) is 11.0. The second kappa shape index (κ2) is 6.03. The Morgan fingerprint density at radius 2 is 2.05 bits per heavy atom. The highest BCUT2D eigenvalue weighted by Crippen LogP contribution is 2.24. The Labute approximate surface area is 134 Å². The number of hydrogen-bond acceptors (Lipinski definition) is 3. The van der Waals surface area contributed by atoms with Crippen LogP contribution in [0.4, 0.5) is 0 Å². The third kappa shape index (κ3) is 3.19. The van der Waals surface area contributed by atoms with Gasteiger partial charge in [-0.15, -0.1) is 11.8 Å². The summed E-state index contributed by atoms with van der Waals surface area (Å²) in [4.78, 5) is 20.7. The summed E-state index contributed by atoms with van der Waals surface area (Å²) in [5.41, 5.74) is 1.73. The molecule has 21 heavy (non-hydrogen) atoms. The third-order valence-corrected chi connectivity index (χ3v) is 4.66. The lowest BCUT2D eigenvalue weighted by Gasteiger charge is -2.05. The van der Waals surface area contributed by atoms with Gasteiger partial charge in [0.2, 0.25) is 0 Å². The maximum absolute atomic E-state index is 12.1. The van der Waals surface area contributed by atoms with E-state index in [-0.39, 0.29) is 5.56 Å². The maximum Gasteiger partial charge on any atom is 0.258 e. The molecule has 0 aliphatic carbocycles. The number of benzene rings is 2. The van der Waals surface area contributed by atoms with E-state index in [1.54, 1.807) is 17.8 Å². The van der Waals surface area contributed by atoms with Gasteiger partial charge >= 0.3 is 0 Å². The number of aryl methyl sites for hydroxylation is 1. The predicted octanol–water partition coefficient (Wildman–Crippen LogP) is 4.29. The molecule has 5 heteroatoms. The van der Waals surface area contributed by atoms with Gasteiger partial charge in [-0.05, 0) is 36.8 Å². The van der Waals surface area contributed by atoms with Gasteiger partial charge in [0.15, 0.2) is 0 Å². The van der Waals surface area contributed by atoms with E-state index < -0.39 is 0 Å². The molecule has 3 nitrogen and oxygen atoms in total. The van der Waals surface area contributed by atoms with E-state index in [2.05, 4.69) is 32.0 Å². The zero-order valence-corrected chi connectivity index (χ0v) is 13.8. The van der Waals surface area contributed by atoms with Crippen molar-refractivity contribution < 1.29 is 0 Å². The fourth-order valence-electron chi connectivity index (χ4n) is 2.13. The second-order valence-corrected chi connectivity index (χ2v) is 6.69. The van der Waals surface area contributed by atoms with Gasteiger partial charge < -0.3 is 4.98 Å². The fourth-order valence-corrected chi connectivity index (χ4v) is 3.50. The number of H-pyrrole nitrogens is 1. The Kier molecular flexibility index (Phi) is 4.12. The van der Waals surface area contributed by atoms with E-state index in [4.69, 9.17) is 0 Å². The summed E-state index contributed by atoms with van der Waals surface area (Å²) in [5.74, 6) is 1.34. The lowest BCUT2D eigenvalue weighted by atomic mass is 10.1. The van der Waals surface area contributed by atoms with Gasteiger partial charge in [-0.2, -0.15) is 0 Å². The second-order valence-electron chi connectivity index (χ2n) is 4.73. The first-order valence-corrected chi connectivity index (χ1v) is 8.28. The van der Waals surface area contributed by atoms with E-state index in [1.807, 2.05) is 37.3 Å². The first-order chi connectivity index (χ1) is 10.1. The van der Waals surface area contributed by atoms with Crippen LogP contribution >= 0.6 is 27.7 Å². The van der Waals surface area contributed by atoms with Gasteiger partial charge in [0.1, 0.15) is 5.82 Å². The number of nitrogens with zero attached hydrogens (tertiary/aromatic N) is 1. The van der Waals surface area contributed by atoms with Crippen molar-refractivity contribution in [2.45, 2.75) is 17.6 Å². The first-order valence-electron chi connectivity index (χ1n) is 6.50. The van der Waals surface area contributed by atoms with Crippen molar-refractivity contribution in [3.05, 3.63) is 68.7 Å². The minimum Gasteiger partial charge on any atom is -0.309 e. The summed E-state index contributed by atoms with van der Waals surface area (Å²) >= 11 is 5.10. The first kappa shape index (κ1) is 14.4. The molecule has 1 heterocycles. The number of fused-ring (bicyclic) bond motifs is 1. The number of nitrogens with one attached hydrogen (secondary N) is 1. The van der Waals surface area contributed by atoms with Crippen molar-refractivity contribution in [1.29, 1.82) is 0 Å². The fraction of sp³-hybridized carbons (Fsp3) is 0.125. The van der Waals surface area contributed by atoms with Crippen LogP contribution in [0.25, 0.3) is 10.9 Å². The minimum absolute atomic E-state index is 0.0754. The van der Waals surface area contributed by atoms with Crippen LogP contribution in [0, 0.1) is 6.92 Å². The highest BCUT2D eigenvalue weighted by atomic mass is 79.9. The van der Waals surface area contributed by atoms with Crippen LogP contribution in [-0.2, 0) is 5.75 Å². The van der Waals surface area contributed by atoms with Crippen LogP contribution in [0.5, 0.6) is 0 Å². The molecule has 0 unspecified atom stereocenters. The van der Waals surface area contributed by atoms with Crippen LogP contribution in [-0.4, -0.2) is 9.97 Å². The van der Waals surface area contributed by atoms with Crippen LogP contribution < -0.4 is 5.56 Å². The van der Waals surface area contributed by atoms with E-state index in [0.717, 1.165) is 20.4 Å². The van der Waals surface area contributed by atoms with Crippen molar-refractivity contribution in [2.75, 3.05) is 0 Å². The van der Waals surface area contributed by atoms with Crippen LogP contribution in [0.15, 0.2) is 56.6 Å². The van der Waals surface area contributed by atoms with Crippen molar-refractivity contribution in [2.24, 2.45) is 0 Å². The van der Waals surface area contributed by atoms with Crippen LogP contribution in [0.1, 0.15) is 11.4 Å². The standard InChI is InChI=1S/C16H13BrN2OS/c1-10-4-2-7-13-15(10)18-14(19-16(13)20)9-21-12-6-3-5-11(17)8-12/h2-8H,9H2,1H3,(H,18,19,20). The molecule has 0 aliphatic heterocycles. The van der Waals surface area contributed by atoms with Crippen molar-refractivity contribution in [1.82, 2.24) is 9.97 Å². The molecule has 0 bridgehead atoms. The molecular weight excluding hydrogens is 348 g/mol. The highest BCUT2D eigenvalue weighted by molar-refractivity contribution is 9.10. The van der Waals surface area contributed by atoms with Crippen molar-refractivity contribution in [3.8, 4) is 0 Å². The van der Waals surface area contributed by atoms with E-state index >= 15 is 0 Å². The molecule has 0 radical (unpaired) electrons. The summed E-state index contributed by atoms with van der Waals surface area (Å²) < 4.78 is 1.04. The smallest absolute Gasteiger partial charge is 0.258 e. The number of para-hydroxylation sites is 1. The van der Waals surface area contributed by atoms with Gasteiger partial charge in [0.05, 0.1) is 16.7 Å². The zero-order valence-electron chi connectivity index (χ0n) is 11.4. The van der Waals surface area contributed by atoms with E-state index in [1.165, 1.54) is 0 Å². The molecule has 0 saturated carbocycles. The lowest BCUT2D eigenvalue weighted by Crippen LogP contribution is -2.11. The molecule has 0 atom stereocenters. The third-order valence-electron chi connectivity index (χ3n) is 3.16. The van der Waals surface area contributed by atoms with Crippen LogP contribution in [0.2, 0.25) is 0 Å². The molecule has 106 valence electrons. The Balaban J connectivity index is 1.91. The maximum atomic E-state index is 12.1. The molecular formula is C16H13BrN2OS. The summed E-state index contributed by atoms with van der Waals surface area (Å²) in [6.07, 6.45) is 0. The SMILES string of the molecule is Cc1cccc2c(=O)[nH]c(CSc3cccc(Br)c3)nc12. The molecule has 0 aliphatic rings. The number of aromatic nitrogens is 2. The molecule has 0 spiro atoms. The number of aromatic amines is 1.